The molecule has 0 aromatic carbocycles. The summed E-state index contributed by atoms with van der Waals surface area (Å²) in [6, 6.07) is 0. The van der Waals surface area contributed by atoms with Gasteiger partial charge >= 0.3 is 5.97 Å². The van der Waals surface area contributed by atoms with Crippen LogP contribution in [0.1, 0.15) is 19.8 Å². The first-order valence-electron chi connectivity index (χ1n) is 3.96. The minimum Gasteiger partial charge on any atom is -0.466 e. The van der Waals surface area contributed by atoms with Gasteiger partial charge in [-0.05, 0) is 24.7 Å². The zero-order valence-electron chi connectivity index (χ0n) is 6.75. The molecule has 0 atom stereocenters. The third-order valence-corrected chi connectivity index (χ3v) is 2.11. The molecule has 1 aliphatic carbocycles. The minimum atomic E-state index is -0.211. The first kappa shape index (κ1) is 8.53. The number of aliphatic hydroxyl groups excluding tert-OH is 1. The third-order valence-electron chi connectivity index (χ3n) is 2.11. The van der Waals surface area contributed by atoms with Crippen LogP contribution in [0.5, 0.6) is 0 Å². The van der Waals surface area contributed by atoms with Crippen molar-refractivity contribution >= 4 is 5.97 Å². The lowest BCUT2D eigenvalue weighted by Gasteiger charge is -2.33. The van der Waals surface area contributed by atoms with Gasteiger partial charge < -0.3 is 9.84 Å². The van der Waals surface area contributed by atoms with E-state index in [1.807, 2.05) is 0 Å². The van der Waals surface area contributed by atoms with Crippen LogP contribution in [0.25, 0.3) is 0 Å². The van der Waals surface area contributed by atoms with Crippen LogP contribution in [0.4, 0.5) is 0 Å². The highest BCUT2D eigenvalue weighted by molar-refractivity contribution is 5.65. The Bertz CT molecular complexity index is 138. The lowest BCUT2D eigenvalue weighted by atomic mass is 9.76. The van der Waals surface area contributed by atoms with Gasteiger partial charge in [0, 0.05) is 13.5 Å². The van der Waals surface area contributed by atoms with E-state index in [4.69, 9.17) is 9.84 Å². The predicted octanol–water partition coefficient (Wildman–Crippen LogP) is 0.568. The summed E-state index contributed by atoms with van der Waals surface area (Å²) in [5.41, 5.74) is 0. The van der Waals surface area contributed by atoms with Crippen molar-refractivity contribution in [2.75, 3.05) is 13.2 Å². The van der Waals surface area contributed by atoms with E-state index < -0.39 is 0 Å². The Morgan fingerprint density at radius 3 is 2.64 bits per heavy atom. The molecule has 1 fully saturated rings. The van der Waals surface area contributed by atoms with E-state index in [0.717, 1.165) is 12.8 Å². The highest BCUT2D eigenvalue weighted by Crippen LogP contribution is 2.33. The summed E-state index contributed by atoms with van der Waals surface area (Å²) < 4.78 is 4.82. The number of esters is 1. The van der Waals surface area contributed by atoms with Gasteiger partial charge in [-0.3, -0.25) is 4.79 Å². The lowest BCUT2D eigenvalue weighted by molar-refractivity contribution is -0.143. The fourth-order valence-corrected chi connectivity index (χ4v) is 1.39. The van der Waals surface area contributed by atoms with Crippen LogP contribution in [0.3, 0.4) is 0 Å². The van der Waals surface area contributed by atoms with E-state index in [9.17, 15) is 4.79 Å². The maximum absolute atomic E-state index is 10.4. The number of hydrogen-bond donors (Lipinski definition) is 1. The molecule has 1 aliphatic rings. The third kappa shape index (κ3) is 2.50. The number of aliphatic hydroxyl groups is 1. The maximum atomic E-state index is 10.4. The molecule has 11 heavy (non-hydrogen) atoms. The molecule has 1 rings (SSSR count). The highest BCUT2D eigenvalue weighted by atomic mass is 16.5. The van der Waals surface area contributed by atoms with Gasteiger partial charge in [-0.2, -0.15) is 0 Å². The maximum Gasteiger partial charge on any atom is 0.302 e. The van der Waals surface area contributed by atoms with Crippen molar-refractivity contribution in [3.05, 3.63) is 0 Å². The summed E-state index contributed by atoms with van der Waals surface area (Å²) in [4.78, 5) is 10.4. The van der Waals surface area contributed by atoms with Crippen LogP contribution in [0, 0.1) is 11.8 Å². The molecule has 0 radical (unpaired) electrons. The van der Waals surface area contributed by atoms with Gasteiger partial charge in [0.05, 0.1) is 6.61 Å². The van der Waals surface area contributed by atoms with Gasteiger partial charge in [0.25, 0.3) is 0 Å². The van der Waals surface area contributed by atoms with Crippen LogP contribution < -0.4 is 0 Å². The van der Waals surface area contributed by atoms with E-state index in [-0.39, 0.29) is 12.6 Å². The summed E-state index contributed by atoms with van der Waals surface area (Å²) in [5, 5.41) is 8.67. The molecule has 0 aromatic rings. The molecule has 3 heteroatoms. The normalized spacial score (nSPS) is 29.3. The molecule has 0 unspecified atom stereocenters. The van der Waals surface area contributed by atoms with Crippen molar-refractivity contribution in [2.45, 2.75) is 19.8 Å². The van der Waals surface area contributed by atoms with Crippen LogP contribution in [0.15, 0.2) is 0 Å². The Morgan fingerprint density at radius 1 is 1.55 bits per heavy atom. The SMILES string of the molecule is CC(=O)OC[C@H]1C[C@H](CO)C1. The van der Waals surface area contributed by atoms with Crippen LogP contribution in [-0.2, 0) is 9.53 Å². The summed E-state index contributed by atoms with van der Waals surface area (Å²) in [7, 11) is 0. The second kappa shape index (κ2) is 3.72. The lowest BCUT2D eigenvalue weighted by Crippen LogP contribution is -2.30. The van der Waals surface area contributed by atoms with Crippen LogP contribution in [-0.4, -0.2) is 24.3 Å². The Morgan fingerprint density at radius 2 is 2.18 bits per heavy atom. The van der Waals surface area contributed by atoms with Crippen molar-refractivity contribution in [3.63, 3.8) is 0 Å². The van der Waals surface area contributed by atoms with E-state index >= 15 is 0 Å². The van der Waals surface area contributed by atoms with Crippen molar-refractivity contribution in [2.24, 2.45) is 11.8 Å². The predicted molar refractivity (Wildman–Crippen MR) is 39.9 cm³/mol. The number of carbonyl (C=O) groups is 1. The first-order valence-corrected chi connectivity index (χ1v) is 3.96. The summed E-state index contributed by atoms with van der Waals surface area (Å²) >= 11 is 0. The molecule has 1 N–H and O–H groups in total. The van der Waals surface area contributed by atoms with Gasteiger partial charge in [-0.15, -0.1) is 0 Å². The highest BCUT2D eigenvalue weighted by Gasteiger charge is 2.28. The summed E-state index contributed by atoms with van der Waals surface area (Å²) in [6.07, 6.45) is 2.01. The van der Waals surface area contributed by atoms with Crippen molar-refractivity contribution in [1.82, 2.24) is 0 Å². The second-order valence-electron chi connectivity index (χ2n) is 3.19. The van der Waals surface area contributed by atoms with E-state index in [1.165, 1.54) is 6.92 Å². The molecule has 0 heterocycles. The number of hydrogen-bond acceptors (Lipinski definition) is 3. The Kier molecular flexibility index (Phi) is 2.88. The van der Waals surface area contributed by atoms with Crippen molar-refractivity contribution in [1.29, 1.82) is 0 Å². The average molecular weight is 158 g/mol. The molecule has 0 saturated heterocycles. The zero-order valence-corrected chi connectivity index (χ0v) is 6.75. The molecule has 0 aliphatic heterocycles. The van der Waals surface area contributed by atoms with Gasteiger partial charge in [0.1, 0.15) is 0 Å². The van der Waals surface area contributed by atoms with Gasteiger partial charge in [-0.1, -0.05) is 0 Å². The average Bonchev–Trinajstić information content (AvgIpc) is 1.84. The zero-order chi connectivity index (χ0) is 8.27. The molecule has 1 saturated carbocycles. The standard InChI is InChI=1S/C8H14O3/c1-6(10)11-5-8-2-7(3-8)4-9/h7-9H,2-5H2,1H3/t7-,8-. The van der Waals surface area contributed by atoms with Crippen LogP contribution in [0.2, 0.25) is 0 Å². The quantitative estimate of drug-likeness (QED) is 0.611. The molecule has 0 spiro atoms. The molecule has 0 amide bonds. The molecule has 3 nitrogen and oxygen atoms in total. The number of rotatable bonds is 3. The van der Waals surface area contributed by atoms with Gasteiger partial charge in [-0.25, -0.2) is 0 Å². The van der Waals surface area contributed by atoms with Crippen LogP contribution >= 0.6 is 0 Å². The van der Waals surface area contributed by atoms with E-state index in [1.54, 1.807) is 0 Å². The number of carbonyl (C=O) groups excluding carboxylic acids is 1. The first-order chi connectivity index (χ1) is 5.22. The molecule has 0 aromatic heterocycles. The smallest absolute Gasteiger partial charge is 0.302 e. The molecule has 64 valence electrons. The molecular formula is C8H14O3. The van der Waals surface area contributed by atoms with Crippen molar-refractivity contribution in [3.8, 4) is 0 Å². The fourth-order valence-electron chi connectivity index (χ4n) is 1.39. The second-order valence-corrected chi connectivity index (χ2v) is 3.19. The van der Waals surface area contributed by atoms with E-state index in [2.05, 4.69) is 0 Å². The van der Waals surface area contributed by atoms with Gasteiger partial charge in [0.2, 0.25) is 0 Å². The topological polar surface area (TPSA) is 46.5 Å². The minimum absolute atomic E-state index is 0.211. The number of ether oxygens (including phenoxy) is 1. The van der Waals surface area contributed by atoms with Gasteiger partial charge in [0.15, 0.2) is 0 Å². The molecular weight excluding hydrogens is 144 g/mol. The fraction of sp³-hybridized carbons (Fsp3) is 0.875. The summed E-state index contributed by atoms with van der Waals surface area (Å²) in [5.74, 6) is 0.740. The Hall–Kier alpha value is -0.570. The largest absolute Gasteiger partial charge is 0.466 e. The molecule has 0 bridgehead atoms. The van der Waals surface area contributed by atoms with Crippen molar-refractivity contribution < 1.29 is 14.6 Å². The Labute approximate surface area is 66.4 Å². The van der Waals surface area contributed by atoms with E-state index in [0.29, 0.717) is 18.4 Å². The Balaban J connectivity index is 2.00. The summed E-state index contributed by atoms with van der Waals surface area (Å²) in [6.45, 7) is 2.23. The monoisotopic (exact) mass is 158 g/mol.